The van der Waals surface area contributed by atoms with E-state index in [4.69, 9.17) is 0 Å². The van der Waals surface area contributed by atoms with Gasteiger partial charge in [-0.25, -0.2) is 0 Å². The van der Waals surface area contributed by atoms with E-state index in [2.05, 4.69) is 24.8 Å². The van der Waals surface area contributed by atoms with Gasteiger partial charge in [0.2, 0.25) is 0 Å². The molecule has 0 bridgehead atoms. The van der Waals surface area contributed by atoms with Gasteiger partial charge >= 0.3 is 0 Å². The van der Waals surface area contributed by atoms with Gasteiger partial charge in [-0.15, -0.1) is 0 Å². The summed E-state index contributed by atoms with van der Waals surface area (Å²) in [6.07, 6.45) is 6.81. The van der Waals surface area contributed by atoms with Gasteiger partial charge in [0.25, 0.3) is 0 Å². The molecule has 3 heteroatoms. The lowest BCUT2D eigenvalue weighted by Crippen LogP contribution is -2.59. The molecule has 1 aromatic rings. The molecule has 24 heavy (non-hydrogen) atoms. The summed E-state index contributed by atoms with van der Waals surface area (Å²) < 4.78 is 1.05. The third kappa shape index (κ3) is 4.12. The van der Waals surface area contributed by atoms with Crippen molar-refractivity contribution >= 4 is 5.69 Å². The molecular formula is C21H35N2O+. The van der Waals surface area contributed by atoms with E-state index in [1.807, 2.05) is 12.1 Å². The van der Waals surface area contributed by atoms with Crippen molar-refractivity contribution in [3.63, 3.8) is 0 Å². The van der Waals surface area contributed by atoms with Crippen molar-refractivity contribution < 1.29 is 5.11 Å². The lowest BCUT2D eigenvalue weighted by Gasteiger charge is -2.46. The molecule has 3 unspecified atom stereocenters. The Balaban J connectivity index is 1.77. The molecule has 0 radical (unpaired) electrons. The number of rotatable bonds is 4. The highest BCUT2D eigenvalue weighted by Gasteiger charge is 2.38. The van der Waals surface area contributed by atoms with Crippen LogP contribution >= 0.6 is 0 Å². The fourth-order valence-electron chi connectivity index (χ4n) is 4.61. The van der Waals surface area contributed by atoms with E-state index in [0.717, 1.165) is 16.3 Å². The summed E-state index contributed by atoms with van der Waals surface area (Å²) in [6, 6.07) is 8.04. The zero-order valence-corrected chi connectivity index (χ0v) is 15.6. The third-order valence-electron chi connectivity index (χ3n) is 6.54. The van der Waals surface area contributed by atoms with E-state index in [0.29, 0.717) is 5.75 Å². The minimum atomic E-state index is 0.408. The van der Waals surface area contributed by atoms with Gasteiger partial charge in [0, 0.05) is 24.9 Å². The Morgan fingerprint density at radius 3 is 2.50 bits per heavy atom. The number of benzene rings is 1. The maximum Gasteiger partial charge on any atom is 0.136 e. The molecule has 3 atom stereocenters. The number of nitrogens with zero attached hydrogens (tertiary/aromatic N) is 2. The number of quaternary nitrogens is 1. The fraction of sp³-hybridized carbons (Fsp3) is 0.714. The van der Waals surface area contributed by atoms with Gasteiger partial charge in [-0.1, -0.05) is 32.8 Å². The molecule has 134 valence electrons. The van der Waals surface area contributed by atoms with Crippen LogP contribution in [0.4, 0.5) is 5.69 Å². The Morgan fingerprint density at radius 1 is 1.08 bits per heavy atom. The van der Waals surface area contributed by atoms with Gasteiger partial charge < -0.3 is 5.11 Å². The maximum atomic E-state index is 10.0. The molecule has 3 rings (SSSR count). The van der Waals surface area contributed by atoms with Crippen LogP contribution in [0, 0.1) is 11.8 Å². The molecule has 0 aromatic heterocycles. The van der Waals surface area contributed by atoms with Gasteiger partial charge in [0.1, 0.15) is 11.4 Å². The SMILES string of the molecule is CC1CC[N+](CCN2CCCCCC2)(c2cccc(O)c2)CC1C. The van der Waals surface area contributed by atoms with Crippen LogP contribution in [0.1, 0.15) is 46.0 Å². The van der Waals surface area contributed by atoms with E-state index >= 15 is 0 Å². The molecule has 3 nitrogen and oxygen atoms in total. The van der Waals surface area contributed by atoms with E-state index in [-0.39, 0.29) is 0 Å². The van der Waals surface area contributed by atoms with Gasteiger partial charge in [-0.2, -0.15) is 0 Å². The van der Waals surface area contributed by atoms with Crippen LogP contribution in [0.2, 0.25) is 0 Å². The van der Waals surface area contributed by atoms with Crippen molar-refractivity contribution in [1.29, 1.82) is 0 Å². The van der Waals surface area contributed by atoms with Gasteiger partial charge in [0.05, 0.1) is 19.6 Å². The van der Waals surface area contributed by atoms with Gasteiger partial charge in [-0.05, 0) is 44.0 Å². The Hall–Kier alpha value is -1.06. The minimum absolute atomic E-state index is 0.408. The lowest BCUT2D eigenvalue weighted by atomic mass is 9.86. The standard InChI is InChI=1S/C21H34N2O/c1-18-10-14-23(17-19(18)2,20-8-7-9-21(24)16-20)15-13-22-11-5-3-4-6-12-22/h7-9,16,18-19H,3-6,10-15,17H2,1-2H3/p+1. The summed E-state index contributed by atoms with van der Waals surface area (Å²) in [5.41, 5.74) is 1.31. The smallest absolute Gasteiger partial charge is 0.136 e. The summed E-state index contributed by atoms with van der Waals surface area (Å²) in [4.78, 5) is 2.68. The van der Waals surface area contributed by atoms with Crippen molar-refractivity contribution in [2.75, 3.05) is 39.3 Å². The molecule has 0 amide bonds. The van der Waals surface area contributed by atoms with Crippen molar-refractivity contribution in [2.45, 2.75) is 46.0 Å². The largest absolute Gasteiger partial charge is 0.508 e. The normalized spacial score (nSPS) is 32.4. The van der Waals surface area contributed by atoms with Crippen LogP contribution in [-0.4, -0.2) is 49.3 Å². The van der Waals surface area contributed by atoms with Crippen molar-refractivity contribution in [2.24, 2.45) is 11.8 Å². The minimum Gasteiger partial charge on any atom is -0.508 e. The van der Waals surface area contributed by atoms with Crippen LogP contribution in [-0.2, 0) is 0 Å². The van der Waals surface area contributed by atoms with Crippen molar-refractivity contribution in [3.8, 4) is 5.75 Å². The summed E-state index contributed by atoms with van der Waals surface area (Å²) in [7, 11) is 0. The third-order valence-corrected chi connectivity index (χ3v) is 6.54. The molecule has 2 fully saturated rings. The first-order valence-corrected chi connectivity index (χ1v) is 9.97. The molecule has 2 aliphatic rings. The number of hydrogen-bond donors (Lipinski definition) is 1. The maximum absolute atomic E-state index is 10.0. The molecule has 2 heterocycles. The van der Waals surface area contributed by atoms with E-state index in [1.54, 1.807) is 6.07 Å². The predicted octanol–water partition coefficient (Wildman–Crippen LogP) is 4.25. The molecule has 0 aliphatic carbocycles. The first kappa shape index (κ1) is 17.8. The highest BCUT2D eigenvalue weighted by molar-refractivity contribution is 5.48. The molecule has 1 aromatic carbocycles. The second kappa shape index (κ2) is 7.88. The second-order valence-electron chi connectivity index (χ2n) is 8.29. The Kier molecular flexibility index (Phi) is 5.83. The Labute approximate surface area is 147 Å². The van der Waals surface area contributed by atoms with Gasteiger partial charge in [0.15, 0.2) is 0 Å². The molecule has 2 aliphatic heterocycles. The zero-order valence-electron chi connectivity index (χ0n) is 15.6. The second-order valence-corrected chi connectivity index (χ2v) is 8.29. The predicted molar refractivity (Wildman–Crippen MR) is 102 cm³/mol. The Morgan fingerprint density at radius 2 is 1.83 bits per heavy atom. The zero-order chi connectivity index (χ0) is 17.0. The monoisotopic (exact) mass is 331 g/mol. The van der Waals surface area contributed by atoms with Crippen LogP contribution in [0.15, 0.2) is 24.3 Å². The lowest BCUT2D eigenvalue weighted by molar-refractivity contribution is 0.124. The fourth-order valence-corrected chi connectivity index (χ4v) is 4.61. The summed E-state index contributed by atoms with van der Waals surface area (Å²) in [5, 5.41) is 10.0. The van der Waals surface area contributed by atoms with Crippen LogP contribution in [0.3, 0.4) is 0 Å². The first-order valence-electron chi connectivity index (χ1n) is 9.97. The summed E-state index contributed by atoms with van der Waals surface area (Å²) in [5.74, 6) is 1.96. The van der Waals surface area contributed by atoms with Crippen molar-refractivity contribution in [1.82, 2.24) is 9.38 Å². The number of phenols is 1. The highest BCUT2D eigenvalue weighted by atomic mass is 16.3. The summed E-state index contributed by atoms with van der Waals surface area (Å²) >= 11 is 0. The first-order chi connectivity index (χ1) is 11.6. The van der Waals surface area contributed by atoms with E-state index < -0.39 is 0 Å². The topological polar surface area (TPSA) is 23.5 Å². The van der Waals surface area contributed by atoms with Gasteiger partial charge in [-0.3, -0.25) is 9.38 Å². The quantitative estimate of drug-likeness (QED) is 0.834. The van der Waals surface area contributed by atoms with E-state index in [1.165, 1.54) is 77.1 Å². The molecule has 1 N–H and O–H groups in total. The highest BCUT2D eigenvalue weighted by Crippen LogP contribution is 2.35. The average Bonchev–Trinajstić information content (AvgIpc) is 2.85. The van der Waals surface area contributed by atoms with E-state index in [9.17, 15) is 5.11 Å². The molecular weight excluding hydrogens is 296 g/mol. The summed E-state index contributed by atoms with van der Waals surface area (Å²) in [6.45, 7) is 12.1. The molecule has 0 spiro atoms. The molecule has 2 saturated heterocycles. The number of likely N-dealkylation sites (tertiary alicyclic amines) is 2. The Bertz CT molecular complexity index is 524. The number of hydrogen-bond acceptors (Lipinski definition) is 2. The van der Waals surface area contributed by atoms with Crippen molar-refractivity contribution in [3.05, 3.63) is 24.3 Å². The van der Waals surface area contributed by atoms with Crippen LogP contribution in [0.5, 0.6) is 5.75 Å². The molecule has 0 saturated carbocycles. The van der Waals surface area contributed by atoms with Crippen LogP contribution in [0.25, 0.3) is 0 Å². The average molecular weight is 332 g/mol. The number of piperidine rings is 1. The number of phenolic OH excluding ortho intramolecular Hbond substituents is 1. The number of aromatic hydroxyl groups is 1. The van der Waals surface area contributed by atoms with Crippen LogP contribution < -0.4 is 4.48 Å².